The zero-order valence-electron chi connectivity index (χ0n) is 6.27. The van der Waals surface area contributed by atoms with Crippen LogP contribution in [0.3, 0.4) is 0 Å². The lowest BCUT2D eigenvalue weighted by molar-refractivity contribution is 0.438. The Bertz CT molecular complexity index is 83.0. The van der Waals surface area contributed by atoms with Crippen LogP contribution in [0.15, 0.2) is 0 Å². The van der Waals surface area contributed by atoms with Gasteiger partial charge >= 0.3 is 0 Å². The van der Waals surface area contributed by atoms with E-state index in [1.165, 1.54) is 0 Å². The average molecular weight is 128 g/mol. The third kappa shape index (κ3) is 2.61. The third-order valence-electron chi connectivity index (χ3n) is 1.65. The van der Waals surface area contributed by atoms with Gasteiger partial charge in [-0.2, -0.15) is 0 Å². The van der Waals surface area contributed by atoms with Crippen molar-refractivity contribution in [2.24, 2.45) is 5.92 Å². The van der Waals surface area contributed by atoms with Crippen molar-refractivity contribution in [2.75, 3.05) is 7.05 Å². The first-order chi connectivity index (χ1) is 4.26. The van der Waals surface area contributed by atoms with E-state index in [9.17, 15) is 4.79 Å². The van der Waals surface area contributed by atoms with Crippen molar-refractivity contribution >= 4 is 6.29 Å². The van der Waals surface area contributed by atoms with Crippen LogP contribution in [0.5, 0.6) is 0 Å². The van der Waals surface area contributed by atoms with E-state index in [4.69, 9.17) is 0 Å². The minimum atomic E-state index is -0.0880. The minimum Gasteiger partial charge on any atom is -0.310 e. The molecule has 1 radical (unpaired) electrons. The molecule has 0 fully saturated rings. The lowest BCUT2D eigenvalue weighted by atomic mass is 10.0. The quantitative estimate of drug-likeness (QED) is 0.604. The average Bonchev–Trinajstić information content (AvgIpc) is 1.90. The molecule has 0 aromatic carbocycles. The molecular formula is C7H14NO. The second-order valence-corrected chi connectivity index (χ2v) is 2.27. The number of carbonyl (C=O) groups excluding carboxylic acids is 1. The van der Waals surface area contributed by atoms with Crippen LogP contribution < -0.4 is 5.32 Å². The molecule has 0 saturated carbocycles. The Balaban J connectivity index is 3.63. The first-order valence-corrected chi connectivity index (χ1v) is 3.31. The Hall–Kier alpha value is -0.370. The van der Waals surface area contributed by atoms with Crippen LogP contribution in [-0.4, -0.2) is 19.4 Å². The summed E-state index contributed by atoms with van der Waals surface area (Å²) in [6.07, 6.45) is 2.96. The van der Waals surface area contributed by atoms with Gasteiger partial charge in [-0.3, -0.25) is 4.79 Å². The zero-order chi connectivity index (χ0) is 7.28. The molecule has 9 heavy (non-hydrogen) atoms. The molecule has 0 amide bonds. The molecule has 0 aliphatic heterocycles. The van der Waals surface area contributed by atoms with Crippen molar-refractivity contribution in [3.05, 3.63) is 0 Å². The van der Waals surface area contributed by atoms with Gasteiger partial charge in [0.1, 0.15) is 0 Å². The molecule has 1 N–H and O–H groups in total. The van der Waals surface area contributed by atoms with Crippen LogP contribution in [-0.2, 0) is 4.79 Å². The Labute approximate surface area is 56.6 Å². The third-order valence-corrected chi connectivity index (χ3v) is 1.65. The van der Waals surface area contributed by atoms with Gasteiger partial charge in [0, 0.05) is 0 Å². The van der Waals surface area contributed by atoms with Gasteiger partial charge < -0.3 is 5.32 Å². The molecule has 0 spiro atoms. The fraction of sp³-hybridized carbons (Fsp3) is 0.857. The molecule has 0 aromatic heterocycles. The maximum absolute atomic E-state index is 10.1. The van der Waals surface area contributed by atoms with E-state index in [1.54, 1.807) is 7.05 Å². The Morgan fingerprint density at radius 1 is 1.67 bits per heavy atom. The molecule has 0 aliphatic carbocycles. The van der Waals surface area contributed by atoms with Gasteiger partial charge in [0.2, 0.25) is 6.29 Å². The topological polar surface area (TPSA) is 29.1 Å². The fourth-order valence-corrected chi connectivity index (χ4v) is 0.695. The molecule has 0 aromatic rings. The highest BCUT2D eigenvalue weighted by atomic mass is 16.1. The summed E-state index contributed by atoms with van der Waals surface area (Å²) < 4.78 is 0. The standard InChI is InChI=1S/C7H14NO/c1-4-6(2)7(5-9)8-3/h6-8H,4H2,1-3H3. The summed E-state index contributed by atoms with van der Waals surface area (Å²) in [5.41, 5.74) is 0. The van der Waals surface area contributed by atoms with Gasteiger partial charge in [-0.05, 0) is 13.0 Å². The highest BCUT2D eigenvalue weighted by molar-refractivity contribution is 5.58. The molecule has 2 unspecified atom stereocenters. The van der Waals surface area contributed by atoms with E-state index in [1.807, 2.05) is 13.2 Å². The van der Waals surface area contributed by atoms with E-state index in [0.29, 0.717) is 5.92 Å². The number of likely N-dealkylation sites (N-methyl/N-ethyl adjacent to an activating group) is 1. The molecule has 0 heterocycles. The van der Waals surface area contributed by atoms with Gasteiger partial charge in [-0.15, -0.1) is 0 Å². The molecule has 53 valence electrons. The molecule has 2 heteroatoms. The summed E-state index contributed by atoms with van der Waals surface area (Å²) in [5, 5.41) is 2.88. The molecular weight excluding hydrogens is 114 g/mol. The van der Waals surface area contributed by atoms with E-state index >= 15 is 0 Å². The summed E-state index contributed by atoms with van der Waals surface area (Å²) in [6, 6.07) is -0.0880. The highest BCUT2D eigenvalue weighted by Crippen LogP contribution is 2.03. The first-order valence-electron chi connectivity index (χ1n) is 3.31. The summed E-state index contributed by atoms with van der Waals surface area (Å²) in [5.74, 6) is 0.396. The van der Waals surface area contributed by atoms with Crippen LogP contribution in [0.25, 0.3) is 0 Å². The second-order valence-electron chi connectivity index (χ2n) is 2.27. The van der Waals surface area contributed by atoms with Crippen molar-refractivity contribution in [1.82, 2.24) is 5.32 Å². The SMILES string of the molecule is CCC(C)C([C]=O)NC. The second kappa shape index (κ2) is 4.50. The molecule has 0 saturated heterocycles. The summed E-state index contributed by atoms with van der Waals surface area (Å²) >= 11 is 0. The van der Waals surface area contributed by atoms with Crippen LogP contribution >= 0.6 is 0 Å². The van der Waals surface area contributed by atoms with Gasteiger partial charge in [0.05, 0.1) is 6.04 Å². The van der Waals surface area contributed by atoms with Gasteiger partial charge in [0.15, 0.2) is 0 Å². The molecule has 2 atom stereocenters. The van der Waals surface area contributed by atoms with Crippen LogP contribution in [0.2, 0.25) is 0 Å². The fourth-order valence-electron chi connectivity index (χ4n) is 0.695. The molecule has 2 nitrogen and oxygen atoms in total. The normalized spacial score (nSPS) is 16.8. The predicted molar refractivity (Wildman–Crippen MR) is 38.0 cm³/mol. The summed E-state index contributed by atoms with van der Waals surface area (Å²) in [6.45, 7) is 4.10. The molecule has 0 aliphatic rings. The Kier molecular flexibility index (Phi) is 4.32. The van der Waals surface area contributed by atoms with E-state index in [-0.39, 0.29) is 6.04 Å². The van der Waals surface area contributed by atoms with E-state index < -0.39 is 0 Å². The van der Waals surface area contributed by atoms with Crippen molar-refractivity contribution in [2.45, 2.75) is 26.3 Å². The van der Waals surface area contributed by atoms with Crippen LogP contribution in [0.4, 0.5) is 0 Å². The molecule has 0 bridgehead atoms. The number of hydrogen-bond acceptors (Lipinski definition) is 2. The van der Waals surface area contributed by atoms with Gasteiger partial charge in [-0.1, -0.05) is 20.3 Å². The lowest BCUT2D eigenvalue weighted by Crippen LogP contribution is -2.32. The van der Waals surface area contributed by atoms with Gasteiger partial charge in [0.25, 0.3) is 0 Å². The van der Waals surface area contributed by atoms with Crippen molar-refractivity contribution in [3.63, 3.8) is 0 Å². The van der Waals surface area contributed by atoms with Crippen molar-refractivity contribution in [3.8, 4) is 0 Å². The van der Waals surface area contributed by atoms with Crippen LogP contribution in [0.1, 0.15) is 20.3 Å². The Morgan fingerprint density at radius 2 is 2.22 bits per heavy atom. The minimum absolute atomic E-state index is 0.0880. The van der Waals surface area contributed by atoms with E-state index in [0.717, 1.165) is 6.42 Å². The monoisotopic (exact) mass is 128 g/mol. The maximum Gasteiger partial charge on any atom is 0.217 e. The zero-order valence-corrected chi connectivity index (χ0v) is 6.27. The Morgan fingerprint density at radius 3 is 2.33 bits per heavy atom. The van der Waals surface area contributed by atoms with Crippen molar-refractivity contribution < 1.29 is 4.79 Å². The maximum atomic E-state index is 10.1. The van der Waals surface area contributed by atoms with E-state index in [2.05, 4.69) is 12.2 Å². The van der Waals surface area contributed by atoms with Gasteiger partial charge in [-0.25, -0.2) is 0 Å². The number of rotatable bonds is 4. The smallest absolute Gasteiger partial charge is 0.217 e. The lowest BCUT2D eigenvalue weighted by Gasteiger charge is -2.13. The van der Waals surface area contributed by atoms with Crippen molar-refractivity contribution in [1.29, 1.82) is 0 Å². The number of hydrogen-bond donors (Lipinski definition) is 1. The predicted octanol–water partition coefficient (Wildman–Crippen LogP) is 0.730. The van der Waals surface area contributed by atoms with Crippen LogP contribution in [0, 0.1) is 5.92 Å². The number of nitrogens with one attached hydrogen (secondary N) is 1. The first kappa shape index (κ1) is 8.63. The largest absolute Gasteiger partial charge is 0.310 e. The summed E-state index contributed by atoms with van der Waals surface area (Å²) in [4.78, 5) is 10.1. The highest BCUT2D eigenvalue weighted by Gasteiger charge is 2.11. The summed E-state index contributed by atoms with van der Waals surface area (Å²) in [7, 11) is 1.78. The molecule has 0 rings (SSSR count).